The van der Waals surface area contributed by atoms with E-state index >= 15 is 0 Å². The van der Waals surface area contributed by atoms with E-state index in [0.29, 0.717) is 0 Å². The zero-order valence-corrected chi connectivity index (χ0v) is 8.70. The fraction of sp³-hybridized carbons (Fsp3) is 0.667. The molecule has 0 aliphatic carbocycles. The summed E-state index contributed by atoms with van der Waals surface area (Å²) < 4.78 is 14.4. The van der Waals surface area contributed by atoms with Crippen LogP contribution in [0, 0.1) is 0 Å². The summed E-state index contributed by atoms with van der Waals surface area (Å²) in [4.78, 5) is 28.3. The molecule has 3 heterocycles. The lowest BCUT2D eigenvalue weighted by Gasteiger charge is -2.63. The van der Waals surface area contributed by atoms with E-state index in [1.165, 1.54) is 0 Å². The van der Waals surface area contributed by atoms with Gasteiger partial charge in [0.15, 0.2) is 4.84 Å². The molecule has 2 bridgehead atoms. The van der Waals surface area contributed by atoms with Crippen LogP contribution in [0.15, 0.2) is 0 Å². The van der Waals surface area contributed by atoms with Crippen molar-refractivity contribution in [1.82, 2.24) is 0 Å². The minimum Gasteiger partial charge on any atom is -0.257 e. The molecule has 3 fully saturated rings. The first kappa shape index (κ1) is 10.9. The molecular formula is C6H4Cl2O7. The summed E-state index contributed by atoms with van der Waals surface area (Å²) >= 11 is 10.8. The molecule has 0 aromatic rings. The minimum absolute atomic E-state index is 0.808. The Morgan fingerprint density at radius 2 is 1.73 bits per heavy atom. The van der Waals surface area contributed by atoms with Crippen LogP contribution in [-0.2, 0) is 33.6 Å². The Morgan fingerprint density at radius 3 is 2.13 bits per heavy atom. The van der Waals surface area contributed by atoms with Gasteiger partial charge in [0.1, 0.15) is 0 Å². The smallest absolute Gasteiger partial charge is 0.257 e. The first-order valence-corrected chi connectivity index (χ1v) is 4.56. The van der Waals surface area contributed by atoms with Crippen LogP contribution in [0.4, 0.5) is 0 Å². The first-order chi connectivity index (χ1) is 6.90. The van der Waals surface area contributed by atoms with Crippen LogP contribution in [0.2, 0.25) is 0 Å². The molecular weight excluding hydrogens is 255 g/mol. The van der Waals surface area contributed by atoms with Crippen LogP contribution < -0.4 is 0 Å². The maximum atomic E-state index is 11.1. The molecule has 0 N–H and O–H groups in total. The average molecular weight is 259 g/mol. The molecule has 0 unspecified atom stereocenters. The van der Waals surface area contributed by atoms with Crippen molar-refractivity contribution in [3.05, 3.63) is 0 Å². The van der Waals surface area contributed by atoms with Crippen molar-refractivity contribution < 1.29 is 33.6 Å². The number of alkyl halides is 2. The van der Waals surface area contributed by atoms with E-state index in [1.807, 2.05) is 0 Å². The number of hydrogen-bond acceptors (Lipinski definition) is 7. The summed E-state index contributed by atoms with van der Waals surface area (Å²) in [5, 5.41) is 0. The second kappa shape index (κ2) is 3.19. The van der Waals surface area contributed by atoms with Crippen molar-refractivity contribution in [1.29, 1.82) is 0 Å². The first-order valence-electron chi connectivity index (χ1n) is 3.68. The Hall–Kier alpha value is -0.600. The summed E-state index contributed by atoms with van der Waals surface area (Å²) in [6.45, 7) is 1.05. The van der Waals surface area contributed by atoms with Gasteiger partial charge in [-0.2, -0.15) is 0 Å². The molecule has 3 rings (SSSR count). The number of ether oxygens (including phenoxy) is 3. The Balaban J connectivity index is 1.84. The highest BCUT2D eigenvalue weighted by Gasteiger charge is 2.84. The molecule has 0 saturated carbocycles. The Kier molecular flexibility index (Phi) is 2.32. The second-order valence-corrected chi connectivity index (χ2v) is 3.81. The van der Waals surface area contributed by atoms with Gasteiger partial charge in [-0.25, -0.2) is 19.4 Å². The van der Waals surface area contributed by atoms with Gasteiger partial charge in [-0.15, -0.1) is 0 Å². The maximum Gasteiger partial charge on any atom is 0.445 e. The van der Waals surface area contributed by atoms with E-state index in [1.54, 1.807) is 0 Å². The summed E-state index contributed by atoms with van der Waals surface area (Å²) in [6.07, 6.45) is 0. The van der Waals surface area contributed by atoms with E-state index in [-0.39, 0.29) is 0 Å². The van der Waals surface area contributed by atoms with Gasteiger partial charge in [0.2, 0.25) is 0 Å². The molecule has 15 heavy (non-hydrogen) atoms. The lowest BCUT2D eigenvalue weighted by molar-refractivity contribution is -0.770. The van der Waals surface area contributed by atoms with Crippen molar-refractivity contribution in [2.75, 3.05) is 0 Å². The van der Waals surface area contributed by atoms with E-state index in [2.05, 4.69) is 9.78 Å². The molecule has 0 aromatic heterocycles. The van der Waals surface area contributed by atoms with Crippen LogP contribution in [-0.4, -0.2) is 28.7 Å². The van der Waals surface area contributed by atoms with Gasteiger partial charge in [0.25, 0.3) is 0 Å². The molecule has 3 aliphatic heterocycles. The normalized spacial score (nSPS) is 36.5. The van der Waals surface area contributed by atoms with Gasteiger partial charge < -0.3 is 0 Å². The molecule has 0 aromatic carbocycles. The van der Waals surface area contributed by atoms with E-state index in [0.717, 1.165) is 6.92 Å². The SMILES string of the molecule is CC(=O)OOC(=O)C12OC(C(Cl)Cl)(O1)O2. The van der Waals surface area contributed by atoms with Gasteiger partial charge in [-0.05, 0) is 0 Å². The molecule has 3 saturated heterocycles. The minimum atomic E-state index is -2.00. The lowest BCUT2D eigenvalue weighted by Crippen LogP contribution is -2.85. The summed E-state index contributed by atoms with van der Waals surface area (Å²) in [7, 11) is 0. The third-order valence-electron chi connectivity index (χ3n) is 1.58. The third-order valence-corrected chi connectivity index (χ3v) is 2.12. The topological polar surface area (TPSA) is 80.3 Å². The highest BCUT2D eigenvalue weighted by Crippen LogP contribution is 2.58. The number of rotatable bonds is 2. The number of carbonyl (C=O) groups is 2. The predicted molar refractivity (Wildman–Crippen MR) is 42.1 cm³/mol. The molecule has 7 nitrogen and oxygen atoms in total. The molecule has 0 spiro atoms. The molecule has 0 radical (unpaired) electrons. The number of carbonyl (C=O) groups excluding carboxylic acids is 2. The van der Waals surface area contributed by atoms with Crippen molar-refractivity contribution in [3.63, 3.8) is 0 Å². The second-order valence-electron chi connectivity index (χ2n) is 2.71. The zero-order chi connectivity index (χ0) is 11.3. The highest BCUT2D eigenvalue weighted by molar-refractivity contribution is 6.45. The average Bonchev–Trinajstić information content (AvgIpc) is 1.94. The number of hydrogen-bond donors (Lipinski definition) is 0. The van der Waals surface area contributed by atoms with Crippen LogP contribution >= 0.6 is 23.2 Å². The van der Waals surface area contributed by atoms with Gasteiger partial charge in [-0.1, -0.05) is 23.2 Å². The van der Waals surface area contributed by atoms with Gasteiger partial charge in [0, 0.05) is 6.92 Å². The fourth-order valence-electron chi connectivity index (χ4n) is 0.991. The predicted octanol–water partition coefficient (Wildman–Crippen LogP) is 0.196. The highest BCUT2D eigenvalue weighted by atomic mass is 35.5. The molecule has 3 aliphatic rings. The largest absolute Gasteiger partial charge is 0.445 e. The van der Waals surface area contributed by atoms with Crippen LogP contribution in [0.1, 0.15) is 6.92 Å². The standard InChI is InChI=1S/C6H4Cl2O7/c1-2(9)11-12-4(10)6-13-5(14-6,15-6)3(7)8/h3H,1H3. The molecule has 0 atom stereocenters. The van der Waals surface area contributed by atoms with Gasteiger partial charge in [-0.3, -0.25) is 14.2 Å². The number of halogens is 2. The molecule has 0 amide bonds. The van der Waals surface area contributed by atoms with E-state index in [9.17, 15) is 9.59 Å². The summed E-state index contributed by atoms with van der Waals surface area (Å²) in [5.74, 6) is -5.58. The monoisotopic (exact) mass is 258 g/mol. The molecule has 9 heteroatoms. The van der Waals surface area contributed by atoms with E-state index in [4.69, 9.17) is 37.4 Å². The Bertz CT molecular complexity index is 308. The fourth-order valence-corrected chi connectivity index (χ4v) is 1.26. The van der Waals surface area contributed by atoms with Crippen molar-refractivity contribution >= 4 is 35.1 Å². The maximum absolute atomic E-state index is 11.1. The van der Waals surface area contributed by atoms with Crippen molar-refractivity contribution in [2.24, 2.45) is 0 Å². The van der Waals surface area contributed by atoms with Gasteiger partial charge in [0.05, 0.1) is 0 Å². The Labute approximate surface area is 93.0 Å². The zero-order valence-electron chi connectivity index (χ0n) is 7.19. The quantitative estimate of drug-likeness (QED) is 0.398. The van der Waals surface area contributed by atoms with Crippen LogP contribution in [0.3, 0.4) is 0 Å². The van der Waals surface area contributed by atoms with Crippen LogP contribution in [0.25, 0.3) is 0 Å². The van der Waals surface area contributed by atoms with Crippen molar-refractivity contribution in [2.45, 2.75) is 23.7 Å². The van der Waals surface area contributed by atoms with Gasteiger partial charge >= 0.3 is 23.9 Å². The third kappa shape index (κ3) is 1.47. The Morgan fingerprint density at radius 1 is 1.20 bits per heavy atom. The lowest BCUT2D eigenvalue weighted by atomic mass is 10.3. The summed E-state index contributed by atoms with van der Waals surface area (Å²) in [6, 6.07) is 0. The van der Waals surface area contributed by atoms with Crippen LogP contribution in [0.5, 0.6) is 0 Å². The van der Waals surface area contributed by atoms with E-state index < -0.39 is 28.7 Å². The molecule has 84 valence electrons. The summed E-state index contributed by atoms with van der Waals surface area (Å²) in [5.41, 5.74) is 0. The van der Waals surface area contributed by atoms with Crippen molar-refractivity contribution in [3.8, 4) is 0 Å².